The van der Waals surface area contributed by atoms with E-state index in [1.54, 1.807) is 38.1 Å². The number of nitrogens with zero attached hydrogens (tertiary/aromatic N) is 4. The van der Waals surface area contributed by atoms with E-state index < -0.39 is 44.5 Å². The molecule has 202 valence electrons. The van der Waals surface area contributed by atoms with Crippen LogP contribution in [-0.4, -0.2) is 38.7 Å². The molecule has 2 aromatic carbocycles. The molecule has 1 atom stereocenters. The van der Waals surface area contributed by atoms with Crippen molar-refractivity contribution < 1.29 is 29.2 Å². The van der Waals surface area contributed by atoms with Crippen molar-refractivity contribution in [1.82, 2.24) is 4.57 Å². The third-order valence-corrected chi connectivity index (χ3v) is 6.79. The van der Waals surface area contributed by atoms with Gasteiger partial charge in [0.25, 0.3) is 11.3 Å². The molecule has 1 N–H and O–H groups in total. The molecule has 13 nitrogen and oxygen atoms in total. The minimum absolute atomic E-state index is 0.0459. The Morgan fingerprint density at radius 3 is 2.28 bits per heavy atom. The molecular weight excluding hydrogens is 532 g/mol. The second-order valence-corrected chi connectivity index (χ2v) is 9.24. The van der Waals surface area contributed by atoms with Gasteiger partial charge in [0.2, 0.25) is 0 Å². The van der Waals surface area contributed by atoms with Crippen LogP contribution in [0.25, 0.3) is 6.08 Å². The van der Waals surface area contributed by atoms with Crippen LogP contribution in [0.1, 0.15) is 37.9 Å². The Labute approximate surface area is 223 Å². The number of hydrogen-bond donors (Lipinski definition) is 1. The van der Waals surface area contributed by atoms with Crippen LogP contribution in [0.4, 0.5) is 11.4 Å². The lowest BCUT2D eigenvalue weighted by Crippen LogP contribution is -2.39. The molecule has 0 saturated carbocycles. The molecule has 0 unspecified atom stereocenters. The number of carbonyl (C=O) groups is 1. The van der Waals surface area contributed by atoms with Crippen molar-refractivity contribution >= 4 is 34.8 Å². The molecule has 3 aromatic rings. The second-order valence-electron chi connectivity index (χ2n) is 8.23. The zero-order valence-corrected chi connectivity index (χ0v) is 21.8. The topological polar surface area (TPSA) is 176 Å². The van der Waals surface area contributed by atoms with E-state index in [1.807, 2.05) is 6.92 Å². The molecule has 1 aliphatic heterocycles. The number of fused-ring (bicyclic) bond motifs is 1. The van der Waals surface area contributed by atoms with Gasteiger partial charge in [-0.05, 0) is 50.1 Å². The number of rotatable bonds is 8. The van der Waals surface area contributed by atoms with Crippen LogP contribution >= 0.6 is 11.3 Å². The van der Waals surface area contributed by atoms with Gasteiger partial charge >= 0.3 is 17.3 Å². The van der Waals surface area contributed by atoms with E-state index in [4.69, 9.17) is 9.47 Å². The Morgan fingerprint density at radius 1 is 1.13 bits per heavy atom. The lowest BCUT2D eigenvalue weighted by atomic mass is 9.96. The molecule has 0 amide bonds. The number of hydrogen-bond acceptors (Lipinski definition) is 11. The van der Waals surface area contributed by atoms with E-state index in [2.05, 4.69) is 4.99 Å². The molecule has 0 spiro atoms. The van der Waals surface area contributed by atoms with E-state index in [1.165, 1.54) is 10.6 Å². The molecule has 39 heavy (non-hydrogen) atoms. The summed E-state index contributed by atoms with van der Waals surface area (Å²) in [5.41, 5.74) is -1.29. The fourth-order valence-electron chi connectivity index (χ4n) is 4.16. The number of nitro groups is 2. The van der Waals surface area contributed by atoms with Gasteiger partial charge in [-0.2, -0.15) is 0 Å². The van der Waals surface area contributed by atoms with Gasteiger partial charge in [0, 0.05) is 12.1 Å². The first-order valence-corrected chi connectivity index (χ1v) is 12.5. The van der Waals surface area contributed by atoms with Crippen LogP contribution in [0.3, 0.4) is 0 Å². The highest BCUT2D eigenvalue weighted by molar-refractivity contribution is 7.07. The first-order valence-electron chi connectivity index (χ1n) is 11.7. The number of thiazole rings is 1. The van der Waals surface area contributed by atoms with Gasteiger partial charge < -0.3 is 14.6 Å². The summed E-state index contributed by atoms with van der Waals surface area (Å²) in [7, 11) is 0. The Kier molecular flexibility index (Phi) is 7.58. The van der Waals surface area contributed by atoms with Crippen molar-refractivity contribution in [3.8, 4) is 11.5 Å². The molecule has 0 fully saturated rings. The largest absolute Gasteiger partial charge is 0.497 e. The summed E-state index contributed by atoms with van der Waals surface area (Å²) in [6, 6.07) is 7.82. The summed E-state index contributed by atoms with van der Waals surface area (Å²) >= 11 is 0.945. The lowest BCUT2D eigenvalue weighted by Gasteiger charge is -2.24. The van der Waals surface area contributed by atoms with Gasteiger partial charge in [-0.15, -0.1) is 0 Å². The Bertz CT molecular complexity index is 1670. The number of phenolic OH excluding ortho intramolecular Hbond substituents is 1. The number of carbonyl (C=O) groups excluding carboxylic acids is 1. The van der Waals surface area contributed by atoms with Crippen LogP contribution in [0, 0.1) is 20.2 Å². The number of ether oxygens (including phenoxy) is 2. The molecule has 14 heteroatoms. The number of phenols is 1. The Morgan fingerprint density at radius 2 is 1.74 bits per heavy atom. The molecule has 0 aliphatic carbocycles. The standard InChI is InChI=1S/C25H22N4O9S/c1-4-37-16-8-6-15(7-9-16)21-20(24(32)38-5-2)13(3)26-25-27(21)23(31)19(39-25)12-14-10-17(28(33)34)22(30)18(11-14)29(35)36/h6-12,21,30H,4-5H2,1-3H3/b19-12-/t21-/m0/s1. The van der Waals surface area contributed by atoms with Crippen molar-refractivity contribution in [3.05, 3.63) is 98.7 Å². The van der Waals surface area contributed by atoms with E-state index >= 15 is 0 Å². The van der Waals surface area contributed by atoms with E-state index in [0.29, 0.717) is 23.6 Å². The van der Waals surface area contributed by atoms with Crippen molar-refractivity contribution in [3.63, 3.8) is 0 Å². The number of nitro benzene ring substituents is 2. The first kappa shape index (κ1) is 27.2. The van der Waals surface area contributed by atoms with Crippen LogP contribution in [0.2, 0.25) is 0 Å². The van der Waals surface area contributed by atoms with Gasteiger partial charge in [-0.1, -0.05) is 23.5 Å². The summed E-state index contributed by atoms with van der Waals surface area (Å²) in [6.45, 7) is 5.68. The molecule has 0 saturated heterocycles. The smallest absolute Gasteiger partial charge is 0.338 e. The van der Waals surface area contributed by atoms with Crippen LogP contribution in [-0.2, 0) is 9.53 Å². The maximum absolute atomic E-state index is 13.7. The third-order valence-electron chi connectivity index (χ3n) is 5.81. The van der Waals surface area contributed by atoms with Crippen LogP contribution in [0.5, 0.6) is 11.5 Å². The van der Waals surface area contributed by atoms with Crippen molar-refractivity contribution in [2.45, 2.75) is 26.8 Å². The highest BCUT2D eigenvalue weighted by Crippen LogP contribution is 2.37. The summed E-state index contributed by atoms with van der Waals surface area (Å²) in [4.78, 5) is 52.1. The first-order chi connectivity index (χ1) is 18.6. The van der Waals surface area contributed by atoms with Crippen LogP contribution in [0.15, 0.2) is 57.5 Å². The molecule has 4 rings (SSSR count). The summed E-state index contributed by atoms with van der Waals surface area (Å²) in [5.74, 6) is -1.13. The number of allylic oxidation sites excluding steroid dienone is 1. The number of aromatic nitrogens is 1. The highest BCUT2D eigenvalue weighted by atomic mass is 32.1. The van der Waals surface area contributed by atoms with E-state index in [0.717, 1.165) is 23.5 Å². The highest BCUT2D eigenvalue weighted by Gasteiger charge is 2.33. The second kappa shape index (κ2) is 10.9. The predicted molar refractivity (Wildman–Crippen MR) is 139 cm³/mol. The zero-order valence-electron chi connectivity index (χ0n) is 20.9. The maximum Gasteiger partial charge on any atom is 0.338 e. The Hall–Kier alpha value is -4.85. The normalized spacial score (nSPS) is 14.9. The monoisotopic (exact) mass is 554 g/mol. The molecule has 1 aliphatic rings. The molecule has 2 heterocycles. The number of esters is 1. The molecular formula is C25H22N4O9S. The quantitative estimate of drug-likeness (QED) is 0.249. The minimum atomic E-state index is -1.09. The van der Waals surface area contributed by atoms with Gasteiger partial charge in [0.1, 0.15) is 5.75 Å². The summed E-state index contributed by atoms with van der Waals surface area (Å²) in [6.07, 6.45) is 1.24. The molecule has 1 aromatic heterocycles. The Balaban J connectivity index is 1.95. The lowest BCUT2D eigenvalue weighted by molar-refractivity contribution is -0.396. The van der Waals surface area contributed by atoms with Crippen molar-refractivity contribution in [2.24, 2.45) is 4.99 Å². The number of benzene rings is 2. The van der Waals surface area contributed by atoms with Gasteiger partial charge in [-0.25, -0.2) is 9.79 Å². The van der Waals surface area contributed by atoms with Gasteiger partial charge in [-0.3, -0.25) is 29.6 Å². The average molecular weight is 555 g/mol. The van der Waals surface area contributed by atoms with Crippen LogP contribution < -0.4 is 19.6 Å². The van der Waals surface area contributed by atoms with Crippen molar-refractivity contribution in [1.29, 1.82) is 0 Å². The van der Waals surface area contributed by atoms with Gasteiger partial charge in [0.05, 0.1) is 44.9 Å². The maximum atomic E-state index is 13.7. The number of aromatic hydroxyl groups is 1. The molecule has 0 bridgehead atoms. The minimum Gasteiger partial charge on any atom is -0.497 e. The predicted octanol–water partition coefficient (Wildman–Crippen LogP) is 2.72. The van der Waals surface area contributed by atoms with Crippen molar-refractivity contribution in [2.75, 3.05) is 13.2 Å². The summed E-state index contributed by atoms with van der Waals surface area (Å²) < 4.78 is 12.1. The zero-order chi connectivity index (χ0) is 28.4. The fraction of sp³-hybridized carbons (Fsp3) is 0.240. The van der Waals surface area contributed by atoms with Gasteiger partial charge in [0.15, 0.2) is 4.80 Å². The fourth-order valence-corrected chi connectivity index (χ4v) is 5.20. The summed E-state index contributed by atoms with van der Waals surface area (Å²) in [5, 5.41) is 32.6. The SMILES string of the molecule is CCOC(=O)C1=C(C)N=c2s/c(=C\c3cc([N+](=O)[O-])c(O)c([N+](=O)[O-])c3)c(=O)n2[C@H]1c1ccc(OCC)cc1. The molecule has 0 radical (unpaired) electrons. The van der Waals surface area contributed by atoms with E-state index in [-0.39, 0.29) is 27.1 Å². The average Bonchev–Trinajstić information content (AvgIpc) is 3.18. The van der Waals surface area contributed by atoms with E-state index in [9.17, 15) is 34.9 Å². The third kappa shape index (κ3) is 5.13.